The van der Waals surface area contributed by atoms with Crippen LogP contribution in [0.1, 0.15) is 16.2 Å². The molecule has 128 valence electrons. The molecule has 0 unspecified atom stereocenters. The van der Waals surface area contributed by atoms with Gasteiger partial charge in [-0.15, -0.1) is 0 Å². The second-order valence-corrected chi connectivity index (χ2v) is 6.21. The minimum absolute atomic E-state index is 0.125. The number of carbonyl (C=O) groups excluding carboxylic acids is 1. The smallest absolute Gasteiger partial charge is 0.142 e. The zero-order valence-corrected chi connectivity index (χ0v) is 14.2. The number of carboxylic acid groups (broad SMARTS) is 1. The van der Waals surface area contributed by atoms with Gasteiger partial charge in [0.25, 0.3) is 0 Å². The highest BCUT2D eigenvalue weighted by Gasteiger charge is 2.09. The van der Waals surface area contributed by atoms with Gasteiger partial charge in [0.05, 0.1) is 38.5 Å². The molecule has 0 aliphatic carbocycles. The van der Waals surface area contributed by atoms with E-state index in [1.54, 1.807) is 12.1 Å². The van der Waals surface area contributed by atoms with Crippen LogP contribution in [0.5, 0.6) is 0 Å². The summed E-state index contributed by atoms with van der Waals surface area (Å²) in [6.07, 6.45) is 0.765. The van der Waals surface area contributed by atoms with Gasteiger partial charge in [-0.25, -0.2) is 9.97 Å². The van der Waals surface area contributed by atoms with Crippen LogP contribution in [0.4, 0.5) is 11.5 Å². The Labute approximate surface area is 146 Å². The van der Waals surface area contributed by atoms with E-state index in [1.807, 2.05) is 24.3 Å². The second-order valence-electron chi connectivity index (χ2n) is 6.21. The average Bonchev–Trinajstić information content (AvgIpc) is 2.60. The first-order chi connectivity index (χ1) is 12.0. The number of quaternary nitrogens is 1. The van der Waals surface area contributed by atoms with E-state index >= 15 is 0 Å². The number of rotatable bonds is 6. The fourth-order valence-corrected chi connectivity index (χ4v) is 2.55. The molecule has 1 heterocycles. The number of aromatic nitrogens is 2. The van der Waals surface area contributed by atoms with Crippen LogP contribution in [-0.2, 0) is 6.42 Å². The quantitative estimate of drug-likeness (QED) is 0.682. The normalized spacial score (nSPS) is 11.0. The lowest BCUT2D eigenvalue weighted by Crippen LogP contribution is -3.06. The average molecular weight is 336 g/mol. The highest BCUT2D eigenvalue weighted by atomic mass is 16.4. The van der Waals surface area contributed by atoms with Crippen molar-refractivity contribution in [3.05, 3.63) is 59.9 Å². The number of aromatic carboxylic acids is 1. The number of benzene rings is 2. The Morgan fingerprint density at radius 1 is 1.12 bits per heavy atom. The predicted octanol–water partition coefficient (Wildman–Crippen LogP) is 0.424. The summed E-state index contributed by atoms with van der Waals surface area (Å²) < 4.78 is 0. The third kappa shape index (κ3) is 4.10. The maximum Gasteiger partial charge on any atom is 0.142 e. The van der Waals surface area contributed by atoms with Crippen LogP contribution in [0.15, 0.2) is 48.5 Å². The minimum Gasteiger partial charge on any atom is -0.545 e. The van der Waals surface area contributed by atoms with Crippen LogP contribution in [-0.4, -0.2) is 36.6 Å². The summed E-state index contributed by atoms with van der Waals surface area (Å²) >= 11 is 0. The van der Waals surface area contributed by atoms with Crippen molar-refractivity contribution in [1.29, 1.82) is 0 Å². The molecule has 0 fully saturated rings. The van der Waals surface area contributed by atoms with Crippen LogP contribution in [0.25, 0.3) is 10.9 Å². The van der Waals surface area contributed by atoms with Gasteiger partial charge in [0.15, 0.2) is 0 Å². The molecular weight excluding hydrogens is 316 g/mol. The second kappa shape index (κ2) is 7.27. The molecule has 0 saturated carbocycles. The van der Waals surface area contributed by atoms with Crippen LogP contribution in [0, 0.1) is 0 Å². The lowest BCUT2D eigenvalue weighted by molar-refractivity contribution is -0.858. The maximum absolute atomic E-state index is 11.1. The van der Waals surface area contributed by atoms with Crippen molar-refractivity contribution in [1.82, 2.24) is 9.97 Å². The Morgan fingerprint density at radius 2 is 1.92 bits per heavy atom. The molecule has 1 aromatic heterocycles. The molecule has 3 aromatic rings. The molecule has 6 heteroatoms. The number of anilines is 2. The summed E-state index contributed by atoms with van der Waals surface area (Å²) in [6.45, 7) is 0.929. The fraction of sp³-hybridized carbons (Fsp3) is 0.211. The molecule has 0 atom stereocenters. The molecule has 6 nitrogen and oxygen atoms in total. The van der Waals surface area contributed by atoms with E-state index in [4.69, 9.17) is 0 Å². The van der Waals surface area contributed by atoms with Crippen molar-refractivity contribution in [3.63, 3.8) is 0 Å². The van der Waals surface area contributed by atoms with Crippen LogP contribution in [0.2, 0.25) is 0 Å². The van der Waals surface area contributed by atoms with E-state index in [0.29, 0.717) is 11.5 Å². The van der Waals surface area contributed by atoms with Gasteiger partial charge in [0.1, 0.15) is 11.6 Å². The molecule has 2 N–H and O–H groups in total. The molecule has 0 aliphatic heterocycles. The van der Waals surface area contributed by atoms with Crippen LogP contribution in [0.3, 0.4) is 0 Å². The summed E-state index contributed by atoms with van der Waals surface area (Å²) in [5, 5.41) is 15.2. The largest absolute Gasteiger partial charge is 0.545 e. The number of nitrogens with zero attached hydrogens (tertiary/aromatic N) is 2. The van der Waals surface area contributed by atoms with Gasteiger partial charge in [0.2, 0.25) is 0 Å². The summed E-state index contributed by atoms with van der Waals surface area (Å²) in [5.41, 5.74) is 1.63. The molecule has 25 heavy (non-hydrogen) atoms. The maximum atomic E-state index is 11.1. The standard InChI is InChI=1S/C19H20N4O2/c1-23(2)11-10-17-21-16-9-4-3-8-15(16)18(22-17)20-14-7-5-6-13(12-14)19(24)25/h3-9,12H,10-11H2,1-2H3,(H,24,25)(H,20,21,22). The van der Waals surface area contributed by atoms with Crippen molar-refractivity contribution in [2.24, 2.45) is 0 Å². The molecule has 0 aliphatic rings. The Balaban J connectivity index is 1.99. The van der Waals surface area contributed by atoms with E-state index in [-0.39, 0.29) is 5.56 Å². The molecule has 0 saturated heterocycles. The summed E-state index contributed by atoms with van der Waals surface area (Å²) in [4.78, 5) is 21.7. The molecule has 2 aromatic carbocycles. The van der Waals surface area contributed by atoms with E-state index in [1.165, 1.54) is 17.0 Å². The zero-order valence-electron chi connectivity index (χ0n) is 14.2. The van der Waals surface area contributed by atoms with E-state index < -0.39 is 5.97 Å². The monoisotopic (exact) mass is 336 g/mol. The van der Waals surface area contributed by atoms with Crippen molar-refractivity contribution in [2.45, 2.75) is 6.42 Å². The highest BCUT2D eigenvalue weighted by molar-refractivity contribution is 5.92. The summed E-state index contributed by atoms with van der Waals surface area (Å²) in [7, 11) is 4.18. The van der Waals surface area contributed by atoms with E-state index in [0.717, 1.165) is 29.7 Å². The number of hydrogen-bond donors (Lipinski definition) is 2. The first-order valence-electron chi connectivity index (χ1n) is 8.16. The van der Waals surface area contributed by atoms with Gasteiger partial charge < -0.3 is 20.1 Å². The zero-order chi connectivity index (χ0) is 17.8. The first-order valence-corrected chi connectivity index (χ1v) is 8.16. The van der Waals surface area contributed by atoms with Crippen LogP contribution < -0.4 is 15.3 Å². The third-order valence-corrected chi connectivity index (χ3v) is 3.86. The number of hydrogen-bond acceptors (Lipinski definition) is 5. The predicted molar refractivity (Wildman–Crippen MR) is 95.0 cm³/mol. The van der Waals surface area contributed by atoms with Crippen LogP contribution >= 0.6 is 0 Å². The highest BCUT2D eigenvalue weighted by Crippen LogP contribution is 2.24. The Hall–Kier alpha value is -2.99. The number of nitrogens with one attached hydrogen (secondary N) is 2. The molecule has 0 spiro atoms. The molecule has 0 radical (unpaired) electrons. The fourth-order valence-electron chi connectivity index (χ4n) is 2.55. The number of carboxylic acids is 1. The van der Waals surface area contributed by atoms with Crippen molar-refractivity contribution in [3.8, 4) is 0 Å². The van der Waals surface area contributed by atoms with Gasteiger partial charge in [-0.3, -0.25) is 0 Å². The Bertz CT molecular complexity index is 909. The van der Waals surface area contributed by atoms with Crippen molar-refractivity contribution < 1.29 is 14.8 Å². The number of likely N-dealkylation sites (N-methyl/N-ethyl adjacent to an activating group) is 1. The van der Waals surface area contributed by atoms with Crippen molar-refractivity contribution in [2.75, 3.05) is 26.0 Å². The van der Waals surface area contributed by atoms with E-state index in [2.05, 4.69) is 29.4 Å². The minimum atomic E-state index is -1.20. The molecular formula is C19H20N4O2. The summed E-state index contributed by atoms with van der Waals surface area (Å²) in [5.74, 6) is 0.231. The van der Waals surface area contributed by atoms with E-state index in [9.17, 15) is 9.90 Å². The first kappa shape index (κ1) is 16.9. The molecule has 0 amide bonds. The lowest BCUT2D eigenvalue weighted by atomic mass is 10.2. The molecule has 0 bridgehead atoms. The van der Waals surface area contributed by atoms with Gasteiger partial charge in [-0.05, 0) is 29.8 Å². The van der Waals surface area contributed by atoms with Gasteiger partial charge in [-0.1, -0.05) is 24.3 Å². The van der Waals surface area contributed by atoms with Crippen molar-refractivity contribution >= 4 is 28.4 Å². The molecule has 3 rings (SSSR count). The summed E-state index contributed by atoms with van der Waals surface area (Å²) in [6, 6.07) is 14.3. The number of para-hydroxylation sites is 1. The Kier molecular flexibility index (Phi) is 4.90. The number of carbonyl (C=O) groups is 1. The number of fused-ring (bicyclic) bond motifs is 1. The topological polar surface area (TPSA) is 82.4 Å². The SMILES string of the molecule is C[NH+](C)CCc1nc(Nc2cccc(C(=O)[O-])c2)c2ccccc2n1. The Morgan fingerprint density at radius 3 is 2.68 bits per heavy atom. The third-order valence-electron chi connectivity index (χ3n) is 3.86. The van der Waals surface area contributed by atoms with Gasteiger partial charge >= 0.3 is 0 Å². The lowest BCUT2D eigenvalue weighted by Gasteiger charge is -2.13. The van der Waals surface area contributed by atoms with Gasteiger partial charge in [0, 0.05) is 11.1 Å². The van der Waals surface area contributed by atoms with Gasteiger partial charge in [-0.2, -0.15) is 0 Å².